The first-order chi connectivity index (χ1) is 8.61. The maximum atomic E-state index is 13.9. The summed E-state index contributed by atoms with van der Waals surface area (Å²) < 4.78 is 14.3. The maximum Gasteiger partial charge on any atom is 0.142 e. The van der Waals surface area contributed by atoms with Gasteiger partial charge in [0.15, 0.2) is 0 Å². The van der Waals surface area contributed by atoms with Gasteiger partial charge in [0.25, 0.3) is 0 Å². The van der Waals surface area contributed by atoms with Crippen molar-refractivity contribution in [3.63, 3.8) is 0 Å². The molecule has 1 aliphatic carbocycles. The molecule has 3 N–H and O–H groups in total. The lowest BCUT2D eigenvalue weighted by Crippen LogP contribution is -2.34. The highest BCUT2D eigenvalue weighted by Gasteiger charge is 2.29. The van der Waals surface area contributed by atoms with Crippen molar-refractivity contribution in [1.29, 1.82) is 0 Å². The summed E-state index contributed by atoms with van der Waals surface area (Å²) in [4.78, 5) is 0. The zero-order chi connectivity index (χ0) is 13.1. The van der Waals surface area contributed by atoms with Crippen LogP contribution in [-0.2, 0) is 0 Å². The first-order valence-electron chi connectivity index (χ1n) is 6.49. The van der Waals surface area contributed by atoms with E-state index in [1.165, 1.54) is 6.42 Å². The molecule has 2 nitrogen and oxygen atoms in total. The molecule has 1 saturated carbocycles. The van der Waals surface area contributed by atoms with Gasteiger partial charge in [-0.3, -0.25) is 0 Å². The summed E-state index contributed by atoms with van der Waals surface area (Å²) in [7, 11) is 0. The Kier molecular flexibility index (Phi) is 6.74. The van der Waals surface area contributed by atoms with Crippen LogP contribution in [0.3, 0.4) is 0 Å². The maximum absolute atomic E-state index is 13.9. The lowest BCUT2D eigenvalue weighted by Gasteiger charge is -2.30. The molecular formula is C14H20BrClFNO. The molecule has 2 rings (SSSR count). The number of hydrogen-bond acceptors (Lipinski definition) is 2. The molecule has 1 fully saturated rings. The average Bonchev–Trinajstić information content (AvgIpc) is 2.41. The zero-order valence-corrected chi connectivity index (χ0v) is 13.1. The normalized spacial score (nSPS) is 19.6. The lowest BCUT2D eigenvalue weighted by molar-refractivity contribution is 0.0607. The second-order valence-electron chi connectivity index (χ2n) is 5.06. The largest absolute Gasteiger partial charge is 0.391 e. The smallest absolute Gasteiger partial charge is 0.142 e. The highest BCUT2D eigenvalue weighted by molar-refractivity contribution is 9.10. The number of nitrogens with two attached hydrogens (primary N) is 1. The summed E-state index contributed by atoms with van der Waals surface area (Å²) in [5.74, 6) is -0.160. The van der Waals surface area contributed by atoms with E-state index in [4.69, 9.17) is 5.73 Å². The van der Waals surface area contributed by atoms with Crippen LogP contribution in [0, 0.1) is 11.7 Å². The van der Waals surface area contributed by atoms with Crippen molar-refractivity contribution < 1.29 is 9.50 Å². The Morgan fingerprint density at radius 1 is 1.26 bits per heavy atom. The average molecular weight is 353 g/mol. The lowest BCUT2D eigenvalue weighted by atomic mass is 9.81. The Hall–Kier alpha value is -0.160. The van der Waals surface area contributed by atoms with Gasteiger partial charge in [0.05, 0.1) is 16.6 Å². The van der Waals surface area contributed by atoms with Gasteiger partial charge >= 0.3 is 0 Å². The third-order valence-electron chi connectivity index (χ3n) is 3.84. The topological polar surface area (TPSA) is 46.2 Å². The van der Waals surface area contributed by atoms with Crippen LogP contribution < -0.4 is 5.73 Å². The molecule has 0 heterocycles. The molecule has 0 saturated heterocycles. The van der Waals surface area contributed by atoms with Crippen molar-refractivity contribution in [2.45, 2.75) is 44.2 Å². The number of benzene rings is 1. The SMILES string of the molecule is Cl.N[C@H](c1cccc(Br)c1F)[C@@H](O)C1CCCCC1. The van der Waals surface area contributed by atoms with E-state index >= 15 is 0 Å². The summed E-state index contributed by atoms with van der Waals surface area (Å²) >= 11 is 3.15. The third-order valence-corrected chi connectivity index (χ3v) is 4.45. The number of hydrogen-bond donors (Lipinski definition) is 2. The Morgan fingerprint density at radius 3 is 2.53 bits per heavy atom. The van der Waals surface area contributed by atoms with E-state index in [2.05, 4.69) is 15.9 Å². The van der Waals surface area contributed by atoms with Crippen LogP contribution in [0.1, 0.15) is 43.7 Å². The number of halogens is 3. The molecule has 5 heteroatoms. The van der Waals surface area contributed by atoms with Crippen molar-refractivity contribution in [1.82, 2.24) is 0 Å². The molecule has 0 spiro atoms. The molecular weight excluding hydrogens is 333 g/mol. The monoisotopic (exact) mass is 351 g/mol. The summed E-state index contributed by atoms with van der Waals surface area (Å²) in [5, 5.41) is 10.3. The molecule has 0 unspecified atom stereocenters. The van der Waals surface area contributed by atoms with Crippen LogP contribution in [0.15, 0.2) is 22.7 Å². The highest BCUT2D eigenvalue weighted by atomic mass is 79.9. The first-order valence-corrected chi connectivity index (χ1v) is 7.28. The van der Waals surface area contributed by atoms with Crippen molar-refractivity contribution in [3.05, 3.63) is 34.1 Å². The van der Waals surface area contributed by atoms with E-state index in [1.54, 1.807) is 18.2 Å². The van der Waals surface area contributed by atoms with Crippen molar-refractivity contribution in [2.24, 2.45) is 11.7 Å². The summed E-state index contributed by atoms with van der Waals surface area (Å²) in [6, 6.07) is 4.39. The minimum atomic E-state index is -0.658. The van der Waals surface area contributed by atoms with Crippen molar-refractivity contribution in [3.8, 4) is 0 Å². The molecule has 0 amide bonds. The quantitative estimate of drug-likeness (QED) is 0.865. The molecule has 1 aliphatic rings. The highest BCUT2D eigenvalue weighted by Crippen LogP contribution is 2.33. The molecule has 108 valence electrons. The van der Waals surface area contributed by atoms with Gasteiger partial charge in [-0.15, -0.1) is 12.4 Å². The van der Waals surface area contributed by atoms with Crippen LogP contribution in [0.5, 0.6) is 0 Å². The molecule has 0 aromatic heterocycles. The minimum Gasteiger partial charge on any atom is -0.391 e. The summed E-state index contributed by atoms with van der Waals surface area (Å²) in [6.07, 6.45) is 4.82. The van der Waals surface area contributed by atoms with Gasteiger partial charge in [0.2, 0.25) is 0 Å². The molecule has 1 aromatic carbocycles. The summed E-state index contributed by atoms with van der Waals surface area (Å²) in [6.45, 7) is 0. The van der Waals surface area contributed by atoms with E-state index in [-0.39, 0.29) is 24.1 Å². The number of rotatable bonds is 3. The fourth-order valence-corrected chi connectivity index (χ4v) is 3.11. The van der Waals surface area contributed by atoms with Gasteiger partial charge in [-0.25, -0.2) is 4.39 Å². The Labute approximate surface area is 128 Å². The van der Waals surface area contributed by atoms with Crippen LogP contribution >= 0.6 is 28.3 Å². The molecule has 0 radical (unpaired) electrons. The van der Waals surface area contributed by atoms with E-state index < -0.39 is 12.1 Å². The molecule has 0 bridgehead atoms. The van der Waals surface area contributed by atoms with Gasteiger partial charge in [-0.05, 0) is 40.8 Å². The fraction of sp³-hybridized carbons (Fsp3) is 0.571. The van der Waals surface area contributed by atoms with Gasteiger partial charge in [0.1, 0.15) is 5.82 Å². The molecule has 19 heavy (non-hydrogen) atoms. The van der Waals surface area contributed by atoms with Gasteiger partial charge < -0.3 is 10.8 Å². The second kappa shape index (κ2) is 7.58. The Balaban J connectivity index is 0.00000180. The van der Waals surface area contributed by atoms with Crippen molar-refractivity contribution >= 4 is 28.3 Å². The fourth-order valence-electron chi connectivity index (χ4n) is 2.73. The number of aliphatic hydroxyl groups is 1. The Morgan fingerprint density at radius 2 is 1.89 bits per heavy atom. The van der Waals surface area contributed by atoms with Crippen LogP contribution in [0.4, 0.5) is 4.39 Å². The second-order valence-corrected chi connectivity index (χ2v) is 5.91. The predicted octanol–water partition coefficient (Wildman–Crippen LogP) is 3.95. The summed E-state index contributed by atoms with van der Waals surface area (Å²) in [5.41, 5.74) is 6.42. The molecule has 0 aliphatic heterocycles. The van der Waals surface area contributed by atoms with Gasteiger partial charge in [0, 0.05) is 5.56 Å². The van der Waals surface area contributed by atoms with E-state index in [1.807, 2.05) is 0 Å². The first kappa shape index (κ1) is 16.9. The predicted molar refractivity (Wildman–Crippen MR) is 80.9 cm³/mol. The van der Waals surface area contributed by atoms with Gasteiger partial charge in [-0.2, -0.15) is 0 Å². The van der Waals surface area contributed by atoms with Crippen LogP contribution in [0.25, 0.3) is 0 Å². The van der Waals surface area contributed by atoms with Gasteiger partial charge in [-0.1, -0.05) is 31.4 Å². The van der Waals surface area contributed by atoms with Crippen LogP contribution in [0.2, 0.25) is 0 Å². The van der Waals surface area contributed by atoms with E-state index in [0.29, 0.717) is 10.0 Å². The Bertz CT molecular complexity index is 412. The number of aliphatic hydroxyl groups excluding tert-OH is 1. The van der Waals surface area contributed by atoms with Crippen LogP contribution in [-0.4, -0.2) is 11.2 Å². The van der Waals surface area contributed by atoms with Crippen molar-refractivity contribution in [2.75, 3.05) is 0 Å². The zero-order valence-electron chi connectivity index (χ0n) is 10.7. The molecule has 1 aromatic rings. The third kappa shape index (κ3) is 3.91. The van der Waals surface area contributed by atoms with E-state index in [0.717, 1.165) is 25.7 Å². The standard InChI is InChI=1S/C14H19BrFNO.ClH/c15-11-8-4-7-10(12(11)16)13(17)14(18)9-5-2-1-3-6-9;/h4,7-9,13-14,18H,1-3,5-6,17H2;1H/t13-,14+;/m1./s1. The van der Waals surface area contributed by atoms with E-state index in [9.17, 15) is 9.50 Å². The molecule has 2 atom stereocenters. The minimum absolute atomic E-state index is 0.